The van der Waals surface area contributed by atoms with Gasteiger partial charge in [-0.25, -0.2) is 13.2 Å². The first kappa shape index (κ1) is 19.7. The van der Waals surface area contributed by atoms with Gasteiger partial charge in [-0.3, -0.25) is 0 Å². The summed E-state index contributed by atoms with van der Waals surface area (Å²) in [6, 6.07) is 5.57. The van der Waals surface area contributed by atoms with Gasteiger partial charge in [0.25, 0.3) is 0 Å². The first-order chi connectivity index (χ1) is 11.5. The summed E-state index contributed by atoms with van der Waals surface area (Å²) in [5, 5.41) is 8.60. The average Bonchev–Trinajstić information content (AvgIpc) is 2.57. The third-order valence-corrected chi connectivity index (χ3v) is 7.41. The van der Waals surface area contributed by atoms with Crippen molar-refractivity contribution in [2.24, 2.45) is 5.41 Å². The highest BCUT2D eigenvalue weighted by Gasteiger charge is 2.60. The second kappa shape index (κ2) is 6.59. The summed E-state index contributed by atoms with van der Waals surface area (Å²) in [6.45, 7) is 5.51. The van der Waals surface area contributed by atoms with E-state index in [1.54, 1.807) is 14.2 Å². The fourth-order valence-corrected chi connectivity index (χ4v) is 4.71. The lowest BCUT2D eigenvalue weighted by molar-refractivity contribution is -0.193. The largest absolute Gasteiger partial charge is 0.482 e. The molecule has 0 amide bonds. The van der Waals surface area contributed by atoms with Crippen molar-refractivity contribution < 1.29 is 27.8 Å². The molecule has 140 valence electrons. The average molecular weight is 371 g/mol. The van der Waals surface area contributed by atoms with Crippen molar-refractivity contribution in [3.63, 3.8) is 0 Å². The minimum absolute atomic E-state index is 0.138. The Labute approximate surface area is 148 Å². The zero-order chi connectivity index (χ0) is 19.0. The van der Waals surface area contributed by atoms with Crippen LogP contribution in [0, 0.1) is 5.41 Å². The standard InChI is InChI=1S/C17H25NO6S/c1-16(2)14(10-17(16,3)23-5)18(4)25(21,22)13-8-6-12(7-9-13)24-11-15(19)20/h6-9,14H,10-11H2,1-5H3,(H,19,20). The smallest absolute Gasteiger partial charge is 0.341 e. The van der Waals surface area contributed by atoms with Crippen LogP contribution in [0.15, 0.2) is 29.2 Å². The molecule has 1 aliphatic carbocycles. The van der Waals surface area contributed by atoms with E-state index in [1.165, 1.54) is 28.6 Å². The highest BCUT2D eigenvalue weighted by Crippen LogP contribution is 2.54. The molecule has 1 aromatic carbocycles. The maximum absolute atomic E-state index is 12.9. The van der Waals surface area contributed by atoms with Gasteiger partial charge in [0.15, 0.2) is 6.61 Å². The predicted octanol–water partition coefficient (Wildman–Crippen LogP) is 1.97. The molecule has 1 saturated carbocycles. The van der Waals surface area contributed by atoms with Crippen LogP contribution in [0.5, 0.6) is 5.75 Å². The first-order valence-corrected chi connectivity index (χ1v) is 9.37. The van der Waals surface area contributed by atoms with Crippen molar-refractivity contribution in [3.8, 4) is 5.75 Å². The van der Waals surface area contributed by atoms with Crippen molar-refractivity contribution >= 4 is 16.0 Å². The minimum Gasteiger partial charge on any atom is -0.482 e. The minimum atomic E-state index is -3.67. The van der Waals surface area contributed by atoms with Crippen LogP contribution in [-0.2, 0) is 19.6 Å². The monoisotopic (exact) mass is 371 g/mol. The highest BCUT2D eigenvalue weighted by atomic mass is 32.2. The molecule has 1 aliphatic rings. The van der Waals surface area contributed by atoms with Crippen molar-refractivity contribution in [2.75, 3.05) is 20.8 Å². The number of ether oxygens (including phenoxy) is 2. The van der Waals surface area contributed by atoms with Gasteiger partial charge in [0, 0.05) is 25.6 Å². The highest BCUT2D eigenvalue weighted by molar-refractivity contribution is 7.89. The Morgan fingerprint density at radius 1 is 1.28 bits per heavy atom. The van der Waals surface area contributed by atoms with Crippen LogP contribution < -0.4 is 4.74 Å². The number of hydrogen-bond donors (Lipinski definition) is 1. The van der Waals surface area contributed by atoms with Gasteiger partial charge in [-0.2, -0.15) is 4.31 Å². The van der Waals surface area contributed by atoms with Gasteiger partial charge in [0.05, 0.1) is 10.5 Å². The molecule has 0 saturated heterocycles. The maximum Gasteiger partial charge on any atom is 0.341 e. The number of methoxy groups -OCH3 is 1. The van der Waals surface area contributed by atoms with Gasteiger partial charge in [-0.05, 0) is 37.6 Å². The Hall–Kier alpha value is -1.64. The zero-order valence-electron chi connectivity index (χ0n) is 15.1. The number of rotatable bonds is 7. The normalized spacial score (nSPS) is 25.4. The second-order valence-corrected chi connectivity index (χ2v) is 9.05. The quantitative estimate of drug-likeness (QED) is 0.788. The van der Waals surface area contributed by atoms with Gasteiger partial charge >= 0.3 is 5.97 Å². The van der Waals surface area contributed by atoms with Gasteiger partial charge in [-0.15, -0.1) is 0 Å². The number of carboxylic acids is 1. The zero-order valence-corrected chi connectivity index (χ0v) is 16.0. The molecular weight excluding hydrogens is 346 g/mol. The first-order valence-electron chi connectivity index (χ1n) is 7.93. The van der Waals surface area contributed by atoms with Crippen LogP contribution in [0.2, 0.25) is 0 Å². The van der Waals surface area contributed by atoms with Crippen LogP contribution in [0.1, 0.15) is 27.2 Å². The van der Waals surface area contributed by atoms with Crippen LogP contribution in [0.3, 0.4) is 0 Å². The SMILES string of the molecule is COC1(C)CC(N(C)S(=O)(=O)c2ccc(OCC(=O)O)cc2)C1(C)C. The molecule has 0 aliphatic heterocycles. The summed E-state index contributed by atoms with van der Waals surface area (Å²) in [5.74, 6) is -0.787. The summed E-state index contributed by atoms with van der Waals surface area (Å²) >= 11 is 0. The fourth-order valence-electron chi connectivity index (χ4n) is 3.22. The Balaban J connectivity index is 2.17. The Bertz CT molecular complexity index is 743. The predicted molar refractivity (Wildman–Crippen MR) is 92.1 cm³/mol. The van der Waals surface area contributed by atoms with Gasteiger partial charge < -0.3 is 14.6 Å². The summed E-state index contributed by atoms with van der Waals surface area (Å²) in [5.41, 5.74) is -0.690. The van der Waals surface area contributed by atoms with Crippen LogP contribution in [0.25, 0.3) is 0 Å². The third-order valence-electron chi connectivity index (χ3n) is 5.53. The van der Waals surface area contributed by atoms with Crippen molar-refractivity contribution in [2.45, 2.75) is 43.7 Å². The molecule has 1 N–H and O–H groups in total. The summed E-state index contributed by atoms with van der Waals surface area (Å²) in [4.78, 5) is 10.6. The molecule has 0 bridgehead atoms. The Morgan fingerprint density at radius 2 is 1.84 bits per heavy atom. The van der Waals surface area contributed by atoms with E-state index in [4.69, 9.17) is 14.6 Å². The van der Waals surface area contributed by atoms with Crippen LogP contribution >= 0.6 is 0 Å². The lowest BCUT2D eigenvalue weighted by Gasteiger charge is -2.61. The van der Waals surface area contributed by atoms with E-state index in [2.05, 4.69) is 0 Å². The van der Waals surface area contributed by atoms with Crippen LogP contribution in [0.4, 0.5) is 0 Å². The molecule has 0 spiro atoms. The summed E-state index contributed by atoms with van der Waals surface area (Å²) in [7, 11) is -0.454. The fraction of sp³-hybridized carbons (Fsp3) is 0.588. The molecule has 1 aromatic rings. The van der Waals surface area contributed by atoms with Gasteiger partial charge in [0.2, 0.25) is 10.0 Å². The Morgan fingerprint density at radius 3 is 2.28 bits per heavy atom. The number of carboxylic acid groups (broad SMARTS) is 1. The molecule has 2 unspecified atom stereocenters. The summed E-state index contributed by atoms with van der Waals surface area (Å²) in [6.07, 6.45) is 0.617. The number of aliphatic carboxylic acids is 1. The van der Waals surface area contributed by atoms with Gasteiger partial charge in [0.1, 0.15) is 5.75 Å². The van der Waals surface area contributed by atoms with E-state index in [1.807, 2.05) is 20.8 Å². The summed E-state index contributed by atoms with van der Waals surface area (Å²) < 4.78 is 37.7. The molecule has 2 rings (SSSR count). The van der Waals surface area contributed by atoms with E-state index >= 15 is 0 Å². The second-order valence-electron chi connectivity index (χ2n) is 7.05. The third kappa shape index (κ3) is 3.38. The lowest BCUT2D eigenvalue weighted by atomic mass is 9.56. The molecule has 7 nitrogen and oxygen atoms in total. The molecule has 0 radical (unpaired) electrons. The van der Waals surface area contributed by atoms with E-state index < -0.39 is 22.6 Å². The number of hydrogen-bond acceptors (Lipinski definition) is 5. The van der Waals surface area contributed by atoms with E-state index in [0.717, 1.165) is 0 Å². The van der Waals surface area contributed by atoms with Crippen molar-refractivity contribution in [1.82, 2.24) is 4.31 Å². The lowest BCUT2D eigenvalue weighted by Crippen LogP contribution is -2.68. The molecule has 8 heteroatoms. The molecule has 1 fully saturated rings. The molecule has 2 atom stereocenters. The number of sulfonamides is 1. The molecule has 0 aromatic heterocycles. The molecule has 25 heavy (non-hydrogen) atoms. The maximum atomic E-state index is 12.9. The van der Waals surface area contributed by atoms with Crippen molar-refractivity contribution in [3.05, 3.63) is 24.3 Å². The number of benzene rings is 1. The van der Waals surface area contributed by atoms with E-state index in [0.29, 0.717) is 12.2 Å². The van der Waals surface area contributed by atoms with Crippen LogP contribution in [-0.4, -0.2) is 56.2 Å². The van der Waals surface area contributed by atoms with Gasteiger partial charge in [-0.1, -0.05) is 13.8 Å². The van der Waals surface area contributed by atoms with E-state index in [-0.39, 0.29) is 22.0 Å². The number of nitrogens with zero attached hydrogens (tertiary/aromatic N) is 1. The topological polar surface area (TPSA) is 93.1 Å². The van der Waals surface area contributed by atoms with E-state index in [9.17, 15) is 13.2 Å². The Kier molecular flexibility index (Phi) is 5.18. The molecular formula is C17H25NO6S. The number of carbonyl (C=O) groups is 1. The molecule has 0 heterocycles. The van der Waals surface area contributed by atoms with Crippen molar-refractivity contribution in [1.29, 1.82) is 0 Å².